The zero-order valence-electron chi connectivity index (χ0n) is 20.5. The summed E-state index contributed by atoms with van der Waals surface area (Å²) >= 11 is 0. The molecule has 2 aliphatic rings. The molecule has 5 aromatic rings. The molecule has 7 rings (SSSR count). The Morgan fingerprint density at radius 3 is 2.76 bits per heavy atom. The van der Waals surface area contributed by atoms with E-state index in [9.17, 15) is 9.59 Å². The molecule has 2 amide bonds. The summed E-state index contributed by atoms with van der Waals surface area (Å²) in [5, 5.41) is 4.06. The largest absolute Gasteiger partial charge is 0.486 e. The molecule has 0 aliphatic carbocycles. The Kier molecular flexibility index (Phi) is 5.28. The van der Waals surface area contributed by atoms with Crippen molar-refractivity contribution in [2.24, 2.45) is 0 Å². The lowest BCUT2D eigenvalue weighted by Gasteiger charge is -2.19. The van der Waals surface area contributed by atoms with Gasteiger partial charge in [0, 0.05) is 35.4 Å². The number of benzene rings is 3. The molecule has 2 aliphatic heterocycles. The SMILES string of the molecule is O=C(CC1C(=O)N(CCc2c[nH]c3ccccc23)c2nc3ccccc3n21)Nc1ccc2c(c1)OCCO2. The van der Waals surface area contributed by atoms with Crippen molar-refractivity contribution in [3.8, 4) is 11.5 Å². The predicted molar refractivity (Wildman–Crippen MR) is 144 cm³/mol. The predicted octanol–water partition coefficient (Wildman–Crippen LogP) is 4.45. The fourth-order valence-corrected chi connectivity index (χ4v) is 5.39. The highest BCUT2D eigenvalue weighted by molar-refractivity contribution is 6.05. The number of nitrogens with one attached hydrogen (secondary N) is 2. The Morgan fingerprint density at radius 2 is 1.84 bits per heavy atom. The first-order chi connectivity index (χ1) is 18.7. The standard InChI is InChI=1S/C29H25N5O4/c35-27(31-19-9-10-25-26(15-19)38-14-13-37-25)16-24-28(36)33(29-32-22-7-3-4-8-23(22)34(24)29)12-11-18-17-30-21-6-2-1-5-20(18)21/h1-10,15,17,24,30H,11-14,16H2,(H,31,35). The molecule has 2 aromatic heterocycles. The van der Waals surface area contributed by atoms with Crippen LogP contribution in [0.25, 0.3) is 21.9 Å². The number of carbonyl (C=O) groups is 2. The fraction of sp³-hybridized carbons (Fsp3) is 0.207. The third-order valence-electron chi connectivity index (χ3n) is 7.17. The highest BCUT2D eigenvalue weighted by atomic mass is 16.6. The Labute approximate surface area is 218 Å². The Balaban J connectivity index is 1.15. The molecule has 1 atom stereocenters. The van der Waals surface area contributed by atoms with Crippen molar-refractivity contribution in [1.82, 2.24) is 14.5 Å². The van der Waals surface area contributed by atoms with Crippen LogP contribution in [-0.2, 0) is 16.0 Å². The Morgan fingerprint density at radius 1 is 1.03 bits per heavy atom. The van der Waals surface area contributed by atoms with E-state index in [-0.39, 0.29) is 18.2 Å². The molecule has 9 nitrogen and oxygen atoms in total. The summed E-state index contributed by atoms with van der Waals surface area (Å²) < 4.78 is 13.1. The van der Waals surface area contributed by atoms with E-state index in [1.807, 2.05) is 53.2 Å². The van der Waals surface area contributed by atoms with Gasteiger partial charge in [-0.05, 0) is 42.3 Å². The van der Waals surface area contributed by atoms with Crippen molar-refractivity contribution in [1.29, 1.82) is 0 Å². The van der Waals surface area contributed by atoms with Gasteiger partial charge in [-0.3, -0.25) is 19.1 Å². The average molecular weight is 508 g/mol. The minimum Gasteiger partial charge on any atom is -0.486 e. The molecule has 0 fully saturated rings. The number of amides is 2. The van der Waals surface area contributed by atoms with Gasteiger partial charge in [0.1, 0.15) is 19.3 Å². The number of hydrogen-bond donors (Lipinski definition) is 2. The number of imidazole rings is 1. The number of H-pyrrole nitrogens is 1. The minimum atomic E-state index is -0.683. The van der Waals surface area contributed by atoms with Crippen molar-refractivity contribution in [3.63, 3.8) is 0 Å². The van der Waals surface area contributed by atoms with Gasteiger partial charge in [-0.1, -0.05) is 30.3 Å². The van der Waals surface area contributed by atoms with Crippen LogP contribution in [0.1, 0.15) is 18.0 Å². The number of ether oxygens (including phenoxy) is 2. The number of aromatic amines is 1. The van der Waals surface area contributed by atoms with Crippen LogP contribution in [0.15, 0.2) is 72.9 Å². The van der Waals surface area contributed by atoms with E-state index in [0.29, 0.717) is 49.3 Å². The maximum atomic E-state index is 13.7. The van der Waals surface area contributed by atoms with Crippen molar-refractivity contribution in [3.05, 3.63) is 78.5 Å². The summed E-state index contributed by atoms with van der Waals surface area (Å²) in [6, 6.07) is 20.4. The van der Waals surface area contributed by atoms with Crippen LogP contribution in [0.3, 0.4) is 0 Å². The quantitative estimate of drug-likeness (QED) is 0.354. The second-order valence-electron chi connectivity index (χ2n) is 9.50. The van der Waals surface area contributed by atoms with Gasteiger partial charge in [0.05, 0.1) is 17.5 Å². The highest BCUT2D eigenvalue weighted by Gasteiger charge is 2.40. The summed E-state index contributed by atoms with van der Waals surface area (Å²) in [7, 11) is 0. The highest BCUT2D eigenvalue weighted by Crippen LogP contribution is 2.37. The third-order valence-corrected chi connectivity index (χ3v) is 7.17. The topological polar surface area (TPSA) is 101 Å². The van der Waals surface area contributed by atoms with Crippen LogP contribution < -0.4 is 19.7 Å². The van der Waals surface area contributed by atoms with Crippen molar-refractivity contribution in [2.75, 3.05) is 30.0 Å². The number of para-hydroxylation sites is 3. The number of rotatable bonds is 6. The van der Waals surface area contributed by atoms with Gasteiger partial charge in [0.25, 0.3) is 5.91 Å². The zero-order chi connectivity index (χ0) is 25.6. The number of anilines is 2. The number of aromatic nitrogens is 3. The lowest BCUT2D eigenvalue weighted by Crippen LogP contribution is -2.33. The molecule has 190 valence electrons. The fourth-order valence-electron chi connectivity index (χ4n) is 5.39. The maximum absolute atomic E-state index is 13.7. The number of hydrogen-bond acceptors (Lipinski definition) is 5. The van der Waals surface area contributed by atoms with E-state index in [2.05, 4.69) is 16.4 Å². The van der Waals surface area contributed by atoms with Crippen LogP contribution in [0.5, 0.6) is 11.5 Å². The summed E-state index contributed by atoms with van der Waals surface area (Å²) in [6.45, 7) is 1.43. The zero-order valence-corrected chi connectivity index (χ0v) is 20.5. The van der Waals surface area contributed by atoms with Gasteiger partial charge < -0.3 is 19.8 Å². The van der Waals surface area contributed by atoms with Gasteiger partial charge in [0.15, 0.2) is 11.5 Å². The van der Waals surface area contributed by atoms with E-state index in [1.165, 1.54) is 0 Å². The van der Waals surface area contributed by atoms with Crippen LogP contribution in [0.4, 0.5) is 11.6 Å². The molecule has 0 saturated heterocycles. The molecule has 9 heteroatoms. The monoisotopic (exact) mass is 507 g/mol. The van der Waals surface area contributed by atoms with Crippen LogP contribution in [-0.4, -0.2) is 46.1 Å². The Hall–Kier alpha value is -4.79. The van der Waals surface area contributed by atoms with Gasteiger partial charge in [0.2, 0.25) is 11.9 Å². The van der Waals surface area contributed by atoms with Crippen LogP contribution >= 0.6 is 0 Å². The molecule has 38 heavy (non-hydrogen) atoms. The molecule has 0 spiro atoms. The Bertz CT molecular complexity index is 1700. The molecule has 4 heterocycles. The van der Waals surface area contributed by atoms with Crippen LogP contribution in [0, 0.1) is 0 Å². The first kappa shape index (κ1) is 22.4. The lowest BCUT2D eigenvalue weighted by molar-refractivity contribution is -0.124. The van der Waals surface area contributed by atoms with Gasteiger partial charge in [-0.25, -0.2) is 4.98 Å². The first-order valence-electron chi connectivity index (χ1n) is 12.7. The molecule has 1 unspecified atom stereocenters. The third kappa shape index (κ3) is 3.75. The molecule has 3 aromatic carbocycles. The second kappa shape index (κ2) is 8.95. The molecular weight excluding hydrogens is 482 g/mol. The average Bonchev–Trinajstić information content (AvgIpc) is 3.60. The number of fused-ring (bicyclic) bond motifs is 5. The smallest absolute Gasteiger partial charge is 0.253 e. The van der Waals surface area contributed by atoms with Crippen molar-refractivity contribution in [2.45, 2.75) is 18.9 Å². The summed E-state index contributed by atoms with van der Waals surface area (Å²) in [5.74, 6) is 1.43. The van der Waals surface area contributed by atoms with Crippen molar-refractivity contribution < 1.29 is 19.1 Å². The van der Waals surface area contributed by atoms with Gasteiger partial charge in [-0.2, -0.15) is 0 Å². The maximum Gasteiger partial charge on any atom is 0.253 e. The molecule has 0 saturated carbocycles. The molecule has 2 N–H and O–H groups in total. The van der Waals surface area contributed by atoms with E-state index < -0.39 is 6.04 Å². The normalized spacial score (nSPS) is 16.3. The van der Waals surface area contributed by atoms with Crippen molar-refractivity contribution >= 4 is 45.4 Å². The molecular formula is C29H25N5O4. The molecule has 0 bridgehead atoms. The first-order valence-corrected chi connectivity index (χ1v) is 12.7. The minimum absolute atomic E-state index is 0.00971. The summed E-state index contributed by atoms with van der Waals surface area (Å²) in [4.78, 5) is 36.7. The lowest BCUT2D eigenvalue weighted by atomic mass is 10.1. The summed E-state index contributed by atoms with van der Waals surface area (Å²) in [6.07, 6.45) is 2.64. The number of carbonyl (C=O) groups excluding carboxylic acids is 2. The number of nitrogens with zero attached hydrogens (tertiary/aromatic N) is 3. The van der Waals surface area contributed by atoms with E-state index in [1.54, 1.807) is 23.1 Å². The van der Waals surface area contributed by atoms with E-state index in [0.717, 1.165) is 27.5 Å². The van der Waals surface area contributed by atoms with Crippen LogP contribution in [0.2, 0.25) is 0 Å². The molecule has 0 radical (unpaired) electrons. The van der Waals surface area contributed by atoms with Gasteiger partial charge >= 0.3 is 0 Å². The van der Waals surface area contributed by atoms with E-state index >= 15 is 0 Å². The van der Waals surface area contributed by atoms with E-state index in [4.69, 9.17) is 14.5 Å². The summed E-state index contributed by atoms with van der Waals surface area (Å²) in [5.41, 5.74) is 4.43. The van der Waals surface area contributed by atoms with Gasteiger partial charge in [-0.15, -0.1) is 0 Å². The second-order valence-corrected chi connectivity index (χ2v) is 9.50.